The molecule has 5 nitrogen and oxygen atoms in total. The summed E-state index contributed by atoms with van der Waals surface area (Å²) in [6, 6.07) is 6.62. The predicted octanol–water partition coefficient (Wildman–Crippen LogP) is 0.900. The monoisotopic (exact) mass is 256 g/mol. The molecule has 0 saturated heterocycles. The summed E-state index contributed by atoms with van der Waals surface area (Å²) in [4.78, 5) is 26.1. The van der Waals surface area contributed by atoms with E-state index in [9.17, 15) is 9.59 Å². The first-order valence-electron chi connectivity index (χ1n) is 5.58. The van der Waals surface area contributed by atoms with E-state index >= 15 is 0 Å². The molecule has 96 valence electrons. The topological polar surface area (TPSA) is 71.2 Å². The van der Waals surface area contributed by atoms with Crippen molar-refractivity contribution in [3.63, 3.8) is 0 Å². The van der Waals surface area contributed by atoms with Crippen molar-refractivity contribution in [1.82, 2.24) is 10.3 Å². The molecule has 19 heavy (non-hydrogen) atoms. The van der Waals surface area contributed by atoms with E-state index in [0.29, 0.717) is 16.5 Å². The van der Waals surface area contributed by atoms with Crippen LogP contribution in [0.4, 0.5) is 0 Å². The number of amides is 1. The summed E-state index contributed by atoms with van der Waals surface area (Å²) in [5.41, 5.74) is -0.160. The number of hydrogen-bond donors (Lipinski definition) is 2. The average Bonchev–Trinajstić information content (AvgIpc) is 2.43. The summed E-state index contributed by atoms with van der Waals surface area (Å²) in [5, 5.41) is 3.62. The number of aromatic amines is 1. The minimum absolute atomic E-state index is 0.108. The molecule has 1 aromatic heterocycles. The van der Waals surface area contributed by atoms with Gasteiger partial charge < -0.3 is 15.0 Å². The number of nitrogens with one attached hydrogen (secondary N) is 2. The number of aromatic nitrogens is 1. The third-order valence-corrected chi connectivity index (χ3v) is 2.65. The number of H-pyrrole nitrogens is 1. The van der Waals surface area contributed by atoms with Crippen molar-refractivity contribution < 1.29 is 9.53 Å². The number of ether oxygens (including phenoxy) is 1. The van der Waals surface area contributed by atoms with Gasteiger partial charge in [-0.1, -0.05) is 5.92 Å². The van der Waals surface area contributed by atoms with Gasteiger partial charge in [0, 0.05) is 5.39 Å². The largest absolute Gasteiger partial charge is 0.497 e. The second kappa shape index (κ2) is 5.27. The third kappa shape index (κ3) is 2.58. The third-order valence-electron chi connectivity index (χ3n) is 2.65. The zero-order valence-corrected chi connectivity index (χ0v) is 10.3. The minimum atomic E-state index is -0.417. The summed E-state index contributed by atoms with van der Waals surface area (Å²) < 4.78 is 5.09. The van der Waals surface area contributed by atoms with Gasteiger partial charge in [0.2, 0.25) is 0 Å². The predicted molar refractivity (Wildman–Crippen MR) is 72.3 cm³/mol. The molecule has 0 aliphatic carbocycles. The standard InChI is InChI=1S/C14H12N2O3/c1-3-6-15-14(18)12-8-9-7-10(19-2)4-5-11(9)13(17)16-12/h1,4-5,7-8H,6H2,2H3,(H,15,18)(H,16,17). The van der Waals surface area contributed by atoms with Crippen LogP contribution in [0.1, 0.15) is 10.5 Å². The van der Waals surface area contributed by atoms with E-state index in [4.69, 9.17) is 11.2 Å². The number of fused-ring (bicyclic) bond motifs is 1. The molecule has 0 aliphatic rings. The molecule has 0 radical (unpaired) electrons. The van der Waals surface area contributed by atoms with Gasteiger partial charge in [0.25, 0.3) is 11.5 Å². The first kappa shape index (κ1) is 12.7. The summed E-state index contributed by atoms with van der Waals surface area (Å²) >= 11 is 0. The minimum Gasteiger partial charge on any atom is -0.497 e. The van der Waals surface area contributed by atoms with Crippen LogP contribution in [0.5, 0.6) is 5.75 Å². The van der Waals surface area contributed by atoms with Crippen LogP contribution in [-0.2, 0) is 0 Å². The van der Waals surface area contributed by atoms with Crippen LogP contribution in [0, 0.1) is 12.3 Å². The van der Waals surface area contributed by atoms with Crippen molar-refractivity contribution >= 4 is 16.7 Å². The Bertz CT molecular complexity index is 726. The van der Waals surface area contributed by atoms with Crippen LogP contribution in [0.3, 0.4) is 0 Å². The molecule has 2 rings (SSSR count). The number of benzene rings is 1. The molecule has 2 aromatic rings. The molecular weight excluding hydrogens is 244 g/mol. The van der Waals surface area contributed by atoms with Gasteiger partial charge >= 0.3 is 0 Å². The molecule has 0 aliphatic heterocycles. The summed E-state index contributed by atoms with van der Waals surface area (Å²) in [5.74, 6) is 2.50. The number of methoxy groups -OCH3 is 1. The van der Waals surface area contributed by atoms with Gasteiger partial charge in [-0.05, 0) is 29.7 Å². The fourth-order valence-electron chi connectivity index (χ4n) is 1.72. The maximum absolute atomic E-state index is 11.9. The maximum Gasteiger partial charge on any atom is 0.268 e. The Hall–Kier alpha value is -2.74. The smallest absolute Gasteiger partial charge is 0.268 e. The van der Waals surface area contributed by atoms with E-state index in [1.54, 1.807) is 24.3 Å². The van der Waals surface area contributed by atoms with Gasteiger partial charge in [-0.25, -0.2) is 0 Å². The molecule has 2 N–H and O–H groups in total. The van der Waals surface area contributed by atoms with Crippen molar-refractivity contribution in [3.8, 4) is 18.1 Å². The fraction of sp³-hybridized carbons (Fsp3) is 0.143. The fourth-order valence-corrected chi connectivity index (χ4v) is 1.72. The molecule has 0 fully saturated rings. The zero-order valence-electron chi connectivity index (χ0n) is 10.3. The molecule has 0 spiro atoms. The van der Waals surface area contributed by atoms with E-state index in [2.05, 4.69) is 16.2 Å². The number of carbonyl (C=O) groups excluding carboxylic acids is 1. The highest BCUT2D eigenvalue weighted by Gasteiger charge is 2.09. The molecule has 1 heterocycles. The second-order valence-corrected chi connectivity index (χ2v) is 3.85. The van der Waals surface area contributed by atoms with E-state index in [-0.39, 0.29) is 17.8 Å². The first-order valence-corrected chi connectivity index (χ1v) is 5.58. The molecule has 0 atom stereocenters. The SMILES string of the molecule is C#CCNC(=O)c1cc2cc(OC)ccc2c(=O)[nH]1. The zero-order chi connectivity index (χ0) is 13.8. The Kier molecular flexibility index (Phi) is 3.53. The molecule has 5 heteroatoms. The summed E-state index contributed by atoms with van der Waals surface area (Å²) in [7, 11) is 1.54. The van der Waals surface area contributed by atoms with Crippen LogP contribution < -0.4 is 15.6 Å². The van der Waals surface area contributed by atoms with Crippen LogP contribution in [0.25, 0.3) is 10.8 Å². The van der Waals surface area contributed by atoms with Gasteiger partial charge in [-0.3, -0.25) is 9.59 Å². The Morgan fingerprint density at radius 1 is 1.47 bits per heavy atom. The van der Waals surface area contributed by atoms with Gasteiger partial charge in [-0.15, -0.1) is 6.42 Å². The van der Waals surface area contributed by atoms with Gasteiger partial charge in [0.15, 0.2) is 0 Å². The summed E-state index contributed by atoms with van der Waals surface area (Å²) in [6.45, 7) is 0.108. The van der Waals surface area contributed by atoms with Gasteiger partial charge in [0.05, 0.1) is 13.7 Å². The first-order chi connectivity index (χ1) is 9.15. The van der Waals surface area contributed by atoms with Crippen LogP contribution in [0.2, 0.25) is 0 Å². The van der Waals surface area contributed by atoms with Crippen molar-refractivity contribution in [2.45, 2.75) is 0 Å². The molecule has 1 amide bonds. The highest BCUT2D eigenvalue weighted by Crippen LogP contribution is 2.18. The van der Waals surface area contributed by atoms with Crippen LogP contribution >= 0.6 is 0 Å². The number of hydrogen-bond acceptors (Lipinski definition) is 3. The molecule has 0 bridgehead atoms. The van der Waals surface area contributed by atoms with E-state index < -0.39 is 5.91 Å². The Morgan fingerprint density at radius 3 is 2.95 bits per heavy atom. The molecule has 1 aromatic carbocycles. The number of carbonyl (C=O) groups is 1. The second-order valence-electron chi connectivity index (χ2n) is 3.85. The maximum atomic E-state index is 11.9. The van der Waals surface area contributed by atoms with E-state index in [1.807, 2.05) is 0 Å². The lowest BCUT2D eigenvalue weighted by Gasteiger charge is -2.05. The Balaban J connectivity index is 2.50. The number of rotatable bonds is 3. The highest BCUT2D eigenvalue weighted by atomic mass is 16.5. The van der Waals surface area contributed by atoms with Gasteiger partial charge in [-0.2, -0.15) is 0 Å². The molecule has 0 saturated carbocycles. The normalized spacial score (nSPS) is 9.89. The van der Waals surface area contributed by atoms with Crippen molar-refractivity contribution in [3.05, 3.63) is 40.3 Å². The van der Waals surface area contributed by atoms with Crippen molar-refractivity contribution in [2.75, 3.05) is 13.7 Å². The van der Waals surface area contributed by atoms with E-state index in [0.717, 1.165) is 0 Å². The molecule has 0 unspecified atom stereocenters. The Morgan fingerprint density at radius 2 is 2.26 bits per heavy atom. The molecular formula is C14H12N2O3. The number of pyridine rings is 1. The lowest BCUT2D eigenvalue weighted by Crippen LogP contribution is -2.26. The lowest BCUT2D eigenvalue weighted by atomic mass is 10.1. The van der Waals surface area contributed by atoms with Crippen LogP contribution in [-0.4, -0.2) is 24.5 Å². The van der Waals surface area contributed by atoms with Crippen molar-refractivity contribution in [1.29, 1.82) is 0 Å². The van der Waals surface area contributed by atoms with Crippen molar-refractivity contribution in [2.24, 2.45) is 0 Å². The lowest BCUT2D eigenvalue weighted by molar-refractivity contribution is 0.0953. The van der Waals surface area contributed by atoms with E-state index in [1.165, 1.54) is 7.11 Å². The number of terminal acetylenes is 1. The summed E-state index contributed by atoms with van der Waals surface area (Å²) in [6.07, 6.45) is 5.06. The average molecular weight is 256 g/mol. The highest BCUT2D eigenvalue weighted by molar-refractivity contribution is 5.96. The van der Waals surface area contributed by atoms with Crippen LogP contribution in [0.15, 0.2) is 29.1 Å². The Labute approximate surface area is 109 Å². The quantitative estimate of drug-likeness (QED) is 0.801. The van der Waals surface area contributed by atoms with Gasteiger partial charge in [0.1, 0.15) is 11.4 Å².